The first-order chi connectivity index (χ1) is 12.4. The van der Waals surface area contributed by atoms with Crippen molar-refractivity contribution in [3.05, 3.63) is 65.2 Å². The van der Waals surface area contributed by atoms with E-state index in [1.54, 1.807) is 31.4 Å². The molecule has 1 fully saturated rings. The molecule has 0 aromatic heterocycles. The molecular formula is C19H18N2O4S. The third-order valence-electron chi connectivity index (χ3n) is 4.41. The second-order valence-electron chi connectivity index (χ2n) is 6.22. The quantitative estimate of drug-likeness (QED) is 0.842. The van der Waals surface area contributed by atoms with Crippen LogP contribution < -0.4 is 9.46 Å². The Morgan fingerprint density at radius 1 is 1.23 bits per heavy atom. The van der Waals surface area contributed by atoms with Gasteiger partial charge in [0, 0.05) is 5.92 Å². The molecule has 7 heteroatoms. The maximum absolute atomic E-state index is 12.3. The highest BCUT2D eigenvalue weighted by Crippen LogP contribution is 2.47. The van der Waals surface area contributed by atoms with Gasteiger partial charge in [-0.3, -0.25) is 9.52 Å². The Balaban J connectivity index is 1.63. The van der Waals surface area contributed by atoms with Crippen molar-refractivity contribution in [3.63, 3.8) is 0 Å². The second kappa shape index (κ2) is 7.18. The highest BCUT2D eigenvalue weighted by molar-refractivity contribution is 7.89. The van der Waals surface area contributed by atoms with Crippen molar-refractivity contribution >= 4 is 15.9 Å². The van der Waals surface area contributed by atoms with Gasteiger partial charge in [-0.15, -0.1) is 0 Å². The van der Waals surface area contributed by atoms with E-state index in [-0.39, 0.29) is 17.4 Å². The van der Waals surface area contributed by atoms with E-state index < -0.39 is 21.7 Å². The summed E-state index contributed by atoms with van der Waals surface area (Å²) < 4.78 is 31.8. The maximum Gasteiger partial charge on any atom is 0.239 e. The molecule has 3 rings (SSSR count). The summed E-state index contributed by atoms with van der Waals surface area (Å²) in [5.41, 5.74) is 1.64. The summed E-state index contributed by atoms with van der Waals surface area (Å²) in [6.07, 6.45) is 0.614. The maximum atomic E-state index is 12.3. The molecule has 0 radical (unpaired) electrons. The third kappa shape index (κ3) is 4.03. The fourth-order valence-electron chi connectivity index (χ4n) is 2.93. The fourth-order valence-corrected chi connectivity index (χ4v) is 4.12. The number of hydrogen-bond donors (Lipinski definition) is 1. The van der Waals surface area contributed by atoms with Crippen LogP contribution in [0.5, 0.6) is 5.75 Å². The fraction of sp³-hybridized carbons (Fsp3) is 0.263. The van der Waals surface area contributed by atoms with E-state index in [2.05, 4.69) is 4.72 Å². The molecule has 26 heavy (non-hydrogen) atoms. The zero-order chi connectivity index (χ0) is 18.7. The Bertz CT molecular complexity index is 962. The van der Waals surface area contributed by atoms with Crippen molar-refractivity contribution in [2.45, 2.75) is 18.1 Å². The number of amides is 1. The van der Waals surface area contributed by atoms with Crippen LogP contribution in [0.25, 0.3) is 0 Å². The number of carbonyl (C=O) groups excluding carboxylic acids is 1. The number of nitriles is 1. The van der Waals surface area contributed by atoms with Crippen LogP contribution in [0, 0.1) is 17.2 Å². The Labute approximate surface area is 152 Å². The van der Waals surface area contributed by atoms with Crippen molar-refractivity contribution in [3.8, 4) is 11.8 Å². The van der Waals surface area contributed by atoms with Crippen molar-refractivity contribution < 1.29 is 17.9 Å². The van der Waals surface area contributed by atoms with Crippen molar-refractivity contribution in [1.29, 1.82) is 5.26 Å². The van der Waals surface area contributed by atoms with Crippen LogP contribution in [0.3, 0.4) is 0 Å². The summed E-state index contributed by atoms with van der Waals surface area (Å²) >= 11 is 0. The molecule has 1 amide bonds. The summed E-state index contributed by atoms with van der Waals surface area (Å²) in [6.45, 7) is 0. The molecular weight excluding hydrogens is 352 g/mol. The minimum atomic E-state index is -3.86. The summed E-state index contributed by atoms with van der Waals surface area (Å²) in [5.74, 6) is -0.510. The van der Waals surface area contributed by atoms with Crippen LogP contribution in [0.15, 0.2) is 48.5 Å². The smallest absolute Gasteiger partial charge is 0.239 e. The number of ether oxygens (including phenoxy) is 1. The molecule has 0 saturated heterocycles. The minimum absolute atomic E-state index is 0.0162. The third-order valence-corrected chi connectivity index (χ3v) is 5.61. The largest absolute Gasteiger partial charge is 0.497 e. The summed E-state index contributed by atoms with van der Waals surface area (Å²) in [4.78, 5) is 12.3. The first-order valence-electron chi connectivity index (χ1n) is 8.10. The van der Waals surface area contributed by atoms with Gasteiger partial charge in [0.15, 0.2) is 0 Å². The molecule has 6 nitrogen and oxygen atoms in total. The Morgan fingerprint density at radius 3 is 2.58 bits per heavy atom. The van der Waals surface area contributed by atoms with E-state index in [1.807, 2.05) is 30.3 Å². The van der Waals surface area contributed by atoms with Crippen LogP contribution in [-0.2, 0) is 20.6 Å². The van der Waals surface area contributed by atoms with Crippen LogP contribution in [-0.4, -0.2) is 21.4 Å². The van der Waals surface area contributed by atoms with E-state index in [1.165, 1.54) is 0 Å². The second-order valence-corrected chi connectivity index (χ2v) is 7.94. The van der Waals surface area contributed by atoms with Gasteiger partial charge in [-0.2, -0.15) is 5.26 Å². The Kier molecular flexibility index (Phi) is 4.96. The highest BCUT2D eigenvalue weighted by atomic mass is 32.2. The van der Waals surface area contributed by atoms with Gasteiger partial charge in [0.05, 0.1) is 24.5 Å². The number of benzene rings is 2. The topological polar surface area (TPSA) is 96.3 Å². The van der Waals surface area contributed by atoms with E-state index >= 15 is 0 Å². The van der Waals surface area contributed by atoms with E-state index in [9.17, 15) is 13.2 Å². The summed E-state index contributed by atoms with van der Waals surface area (Å²) in [7, 11) is -2.28. The van der Waals surface area contributed by atoms with Gasteiger partial charge in [-0.1, -0.05) is 30.3 Å². The van der Waals surface area contributed by atoms with E-state index in [0.717, 1.165) is 11.3 Å². The van der Waals surface area contributed by atoms with Crippen LogP contribution in [0.1, 0.15) is 29.0 Å². The number of rotatable bonds is 6. The number of sulfonamides is 1. The number of methoxy groups -OCH3 is 1. The number of carbonyl (C=O) groups is 1. The van der Waals surface area contributed by atoms with Gasteiger partial charge in [0.25, 0.3) is 0 Å². The average molecular weight is 370 g/mol. The average Bonchev–Trinajstić information content (AvgIpc) is 3.42. The molecule has 1 aliphatic rings. The number of nitrogens with one attached hydrogen (secondary N) is 1. The molecule has 0 unspecified atom stereocenters. The van der Waals surface area contributed by atoms with Crippen LogP contribution in [0.4, 0.5) is 0 Å². The minimum Gasteiger partial charge on any atom is -0.497 e. The zero-order valence-corrected chi connectivity index (χ0v) is 15.0. The van der Waals surface area contributed by atoms with Crippen molar-refractivity contribution in [2.24, 2.45) is 5.92 Å². The molecule has 0 spiro atoms. The van der Waals surface area contributed by atoms with E-state index in [0.29, 0.717) is 12.0 Å². The Morgan fingerprint density at radius 2 is 1.92 bits per heavy atom. The molecule has 0 heterocycles. The standard InChI is InChI=1S/C19H18N2O4S/c1-25-16-8-6-13(7-9-16)17-10-18(17)19(22)21-26(23,24)12-15-5-3-2-4-14(15)11-20/h2-9,17-18H,10,12H2,1H3,(H,21,22)/t17-,18+/m0/s1. The molecule has 0 aliphatic heterocycles. The first-order valence-corrected chi connectivity index (χ1v) is 9.75. The zero-order valence-electron chi connectivity index (χ0n) is 14.2. The summed E-state index contributed by atoms with van der Waals surface area (Å²) in [5, 5.41) is 9.05. The van der Waals surface area contributed by atoms with Crippen LogP contribution >= 0.6 is 0 Å². The van der Waals surface area contributed by atoms with Crippen molar-refractivity contribution in [1.82, 2.24) is 4.72 Å². The predicted octanol–water partition coefficient (Wildman–Crippen LogP) is 2.32. The lowest BCUT2D eigenvalue weighted by Crippen LogP contribution is -2.33. The highest BCUT2D eigenvalue weighted by Gasteiger charge is 2.45. The first kappa shape index (κ1) is 18.0. The molecule has 1 N–H and O–H groups in total. The molecule has 2 aromatic carbocycles. The number of nitrogens with zero attached hydrogens (tertiary/aromatic N) is 1. The lowest BCUT2D eigenvalue weighted by molar-refractivity contribution is -0.120. The SMILES string of the molecule is COc1ccc([C@@H]2C[C@H]2C(=O)NS(=O)(=O)Cc2ccccc2C#N)cc1. The van der Waals surface area contributed by atoms with Gasteiger partial charge in [0.1, 0.15) is 5.75 Å². The number of hydrogen-bond acceptors (Lipinski definition) is 5. The molecule has 1 aliphatic carbocycles. The van der Waals surface area contributed by atoms with Gasteiger partial charge < -0.3 is 4.74 Å². The predicted molar refractivity (Wildman–Crippen MR) is 95.8 cm³/mol. The van der Waals surface area contributed by atoms with Crippen molar-refractivity contribution in [2.75, 3.05) is 7.11 Å². The van der Waals surface area contributed by atoms with Gasteiger partial charge in [0.2, 0.25) is 15.9 Å². The normalized spacial score (nSPS) is 18.6. The molecule has 134 valence electrons. The monoisotopic (exact) mass is 370 g/mol. The lowest BCUT2D eigenvalue weighted by Gasteiger charge is -2.08. The van der Waals surface area contributed by atoms with Gasteiger partial charge in [-0.25, -0.2) is 8.42 Å². The Hall–Kier alpha value is -2.85. The molecule has 1 saturated carbocycles. The lowest BCUT2D eigenvalue weighted by atomic mass is 10.1. The van der Waals surface area contributed by atoms with Gasteiger partial charge >= 0.3 is 0 Å². The van der Waals surface area contributed by atoms with Crippen LogP contribution in [0.2, 0.25) is 0 Å². The molecule has 0 bridgehead atoms. The molecule has 2 atom stereocenters. The molecule has 2 aromatic rings. The van der Waals surface area contributed by atoms with Gasteiger partial charge in [-0.05, 0) is 41.7 Å². The van der Waals surface area contributed by atoms with E-state index in [4.69, 9.17) is 10.00 Å². The summed E-state index contributed by atoms with van der Waals surface area (Å²) in [6, 6.07) is 15.8.